The maximum atomic E-state index is 12.4. The zero-order chi connectivity index (χ0) is 24.2. The lowest BCUT2D eigenvalue weighted by Gasteiger charge is -2.15. The zero-order valence-corrected chi connectivity index (χ0v) is 19.1. The van der Waals surface area contributed by atoms with Gasteiger partial charge in [-0.2, -0.15) is 0 Å². The molecule has 0 bridgehead atoms. The highest BCUT2D eigenvalue weighted by molar-refractivity contribution is 5.80. The van der Waals surface area contributed by atoms with E-state index in [-0.39, 0.29) is 23.3 Å². The second-order valence-corrected chi connectivity index (χ2v) is 8.11. The highest BCUT2D eigenvalue weighted by Gasteiger charge is 2.29. The number of ether oxygens (including phenoxy) is 1. The van der Waals surface area contributed by atoms with E-state index in [1.54, 1.807) is 37.4 Å². The minimum Gasteiger partial charge on any atom is -0.465 e. The first-order chi connectivity index (χ1) is 16.4. The number of pyridine rings is 1. The highest BCUT2D eigenvalue weighted by Crippen LogP contribution is 2.32. The largest absolute Gasteiger partial charge is 0.465 e. The standard InChI is InChI=1S/C25H25N5O4/c1-4-33-25(32)22(14(2)3)21-13-19(30-34-21)16-9-7-15(8-10-16)18-12-20(28-29-23(18)26)17-6-5-11-27-24(17)31/h5-14,22H,4H2,1-3H3,(H2,26,29)(H,27,31). The van der Waals surface area contributed by atoms with E-state index in [1.165, 1.54) is 0 Å². The highest BCUT2D eigenvalue weighted by atomic mass is 16.5. The zero-order valence-electron chi connectivity index (χ0n) is 19.1. The summed E-state index contributed by atoms with van der Waals surface area (Å²) in [7, 11) is 0. The van der Waals surface area contributed by atoms with E-state index in [4.69, 9.17) is 15.0 Å². The summed E-state index contributed by atoms with van der Waals surface area (Å²) in [5, 5.41) is 12.2. The SMILES string of the molecule is CCOC(=O)C(c1cc(-c2ccc(-c3cc(-c4ccc[nH]c4=O)nnc3N)cc2)no1)C(C)C. The van der Waals surface area contributed by atoms with Crippen molar-refractivity contribution in [2.75, 3.05) is 12.3 Å². The maximum absolute atomic E-state index is 12.4. The third-order valence-electron chi connectivity index (χ3n) is 5.45. The minimum atomic E-state index is -0.525. The fourth-order valence-electron chi connectivity index (χ4n) is 3.73. The molecule has 3 heterocycles. The van der Waals surface area contributed by atoms with Gasteiger partial charge in [-0.3, -0.25) is 9.59 Å². The smallest absolute Gasteiger partial charge is 0.317 e. The fourth-order valence-corrected chi connectivity index (χ4v) is 3.73. The number of nitrogens with two attached hydrogens (primary N) is 1. The molecule has 0 saturated carbocycles. The van der Waals surface area contributed by atoms with Crippen LogP contribution in [0.3, 0.4) is 0 Å². The fraction of sp³-hybridized carbons (Fsp3) is 0.240. The molecule has 1 unspecified atom stereocenters. The molecule has 174 valence electrons. The number of nitrogens with zero attached hydrogens (tertiary/aromatic N) is 3. The number of nitrogen functional groups attached to an aromatic ring is 1. The van der Waals surface area contributed by atoms with Crippen LogP contribution in [0.2, 0.25) is 0 Å². The second kappa shape index (κ2) is 9.70. The Balaban J connectivity index is 1.63. The van der Waals surface area contributed by atoms with Gasteiger partial charge in [-0.05, 0) is 36.6 Å². The Hall–Kier alpha value is -4.27. The number of aromatic amines is 1. The predicted octanol–water partition coefficient (Wildman–Crippen LogP) is 4.04. The molecule has 0 radical (unpaired) electrons. The molecule has 0 fully saturated rings. The Kier molecular flexibility index (Phi) is 6.53. The average molecular weight is 460 g/mol. The molecule has 0 aliphatic carbocycles. The summed E-state index contributed by atoms with van der Waals surface area (Å²) in [6, 6.07) is 14.4. The van der Waals surface area contributed by atoms with Crippen LogP contribution in [-0.2, 0) is 9.53 Å². The quantitative estimate of drug-likeness (QED) is 0.395. The monoisotopic (exact) mass is 459 g/mol. The van der Waals surface area contributed by atoms with E-state index < -0.39 is 5.92 Å². The third kappa shape index (κ3) is 4.59. The van der Waals surface area contributed by atoms with Gasteiger partial charge in [-0.15, -0.1) is 10.2 Å². The number of H-pyrrole nitrogens is 1. The molecule has 4 aromatic rings. The van der Waals surface area contributed by atoms with Crippen LogP contribution < -0.4 is 11.3 Å². The molecule has 3 N–H and O–H groups in total. The Morgan fingerprint density at radius 1 is 1.06 bits per heavy atom. The topological polar surface area (TPSA) is 137 Å². The Bertz CT molecular complexity index is 1360. The van der Waals surface area contributed by atoms with Crippen molar-refractivity contribution in [3.05, 3.63) is 70.8 Å². The molecular weight excluding hydrogens is 434 g/mol. The van der Waals surface area contributed by atoms with Gasteiger partial charge in [0.15, 0.2) is 11.6 Å². The van der Waals surface area contributed by atoms with Crippen molar-refractivity contribution < 1.29 is 14.1 Å². The van der Waals surface area contributed by atoms with Crippen molar-refractivity contribution in [2.24, 2.45) is 5.92 Å². The summed E-state index contributed by atoms with van der Waals surface area (Å²) >= 11 is 0. The number of benzene rings is 1. The van der Waals surface area contributed by atoms with E-state index in [2.05, 4.69) is 20.3 Å². The molecule has 4 rings (SSSR count). The summed E-state index contributed by atoms with van der Waals surface area (Å²) in [6.07, 6.45) is 1.56. The lowest BCUT2D eigenvalue weighted by Crippen LogP contribution is -2.20. The van der Waals surface area contributed by atoms with Gasteiger partial charge in [0.1, 0.15) is 11.6 Å². The van der Waals surface area contributed by atoms with Crippen molar-refractivity contribution in [1.82, 2.24) is 20.3 Å². The lowest BCUT2D eigenvalue weighted by molar-refractivity contribution is -0.146. The van der Waals surface area contributed by atoms with Gasteiger partial charge in [-0.25, -0.2) is 0 Å². The number of carbonyl (C=O) groups is 1. The molecule has 0 saturated heterocycles. The molecule has 0 aliphatic heterocycles. The number of esters is 1. The Morgan fingerprint density at radius 2 is 1.79 bits per heavy atom. The predicted molar refractivity (Wildman–Crippen MR) is 128 cm³/mol. The molecule has 9 nitrogen and oxygen atoms in total. The second-order valence-electron chi connectivity index (χ2n) is 8.11. The summed E-state index contributed by atoms with van der Waals surface area (Å²) in [5.74, 6) is -0.142. The summed E-state index contributed by atoms with van der Waals surface area (Å²) in [5.41, 5.74) is 9.53. The first-order valence-corrected chi connectivity index (χ1v) is 10.9. The van der Waals surface area contributed by atoms with Crippen molar-refractivity contribution in [2.45, 2.75) is 26.7 Å². The molecular formula is C25H25N5O4. The van der Waals surface area contributed by atoms with E-state index in [0.29, 0.717) is 34.9 Å². The molecule has 1 aromatic carbocycles. The number of carbonyl (C=O) groups excluding carboxylic acids is 1. The molecule has 1 atom stereocenters. The maximum Gasteiger partial charge on any atom is 0.317 e. The van der Waals surface area contributed by atoms with E-state index in [9.17, 15) is 9.59 Å². The molecule has 0 amide bonds. The Morgan fingerprint density at radius 3 is 2.47 bits per heavy atom. The average Bonchev–Trinajstić information content (AvgIpc) is 3.29. The Labute approximate surface area is 196 Å². The van der Waals surface area contributed by atoms with Crippen LogP contribution in [0.1, 0.15) is 32.4 Å². The number of nitrogens with one attached hydrogen (secondary N) is 1. The number of hydrogen-bond donors (Lipinski definition) is 2. The van der Waals surface area contributed by atoms with E-state index in [0.717, 1.165) is 11.1 Å². The van der Waals surface area contributed by atoms with Gasteiger partial charge >= 0.3 is 5.97 Å². The van der Waals surface area contributed by atoms with Crippen molar-refractivity contribution >= 4 is 11.8 Å². The van der Waals surface area contributed by atoms with Crippen LogP contribution in [0.15, 0.2) is 64.0 Å². The van der Waals surface area contributed by atoms with Gasteiger partial charge in [0, 0.05) is 23.4 Å². The van der Waals surface area contributed by atoms with E-state index in [1.807, 2.05) is 38.1 Å². The molecule has 3 aromatic heterocycles. The van der Waals surface area contributed by atoms with Crippen LogP contribution in [0.4, 0.5) is 5.82 Å². The number of hydrogen-bond acceptors (Lipinski definition) is 8. The molecule has 9 heteroatoms. The minimum absolute atomic E-state index is 0.00422. The van der Waals surface area contributed by atoms with Crippen LogP contribution in [0, 0.1) is 5.92 Å². The molecule has 34 heavy (non-hydrogen) atoms. The van der Waals surface area contributed by atoms with Gasteiger partial charge in [-0.1, -0.05) is 43.3 Å². The summed E-state index contributed by atoms with van der Waals surface area (Å²) in [4.78, 5) is 27.1. The third-order valence-corrected chi connectivity index (χ3v) is 5.45. The van der Waals surface area contributed by atoms with Crippen LogP contribution >= 0.6 is 0 Å². The van der Waals surface area contributed by atoms with Crippen LogP contribution in [0.5, 0.6) is 0 Å². The van der Waals surface area contributed by atoms with Crippen molar-refractivity contribution in [3.8, 4) is 33.6 Å². The van der Waals surface area contributed by atoms with Gasteiger partial charge < -0.3 is 20.0 Å². The lowest BCUT2D eigenvalue weighted by atomic mass is 9.93. The summed E-state index contributed by atoms with van der Waals surface area (Å²) < 4.78 is 10.7. The summed E-state index contributed by atoms with van der Waals surface area (Å²) in [6.45, 7) is 5.94. The van der Waals surface area contributed by atoms with Gasteiger partial charge in [0.25, 0.3) is 5.56 Å². The van der Waals surface area contributed by atoms with Gasteiger partial charge in [0.05, 0.1) is 17.9 Å². The van der Waals surface area contributed by atoms with Gasteiger partial charge in [0.2, 0.25) is 0 Å². The van der Waals surface area contributed by atoms with Crippen molar-refractivity contribution in [3.63, 3.8) is 0 Å². The number of anilines is 1. The molecule has 0 spiro atoms. The number of rotatable bonds is 7. The van der Waals surface area contributed by atoms with Crippen LogP contribution in [-0.4, -0.2) is 32.9 Å². The first-order valence-electron chi connectivity index (χ1n) is 10.9. The van der Waals surface area contributed by atoms with E-state index >= 15 is 0 Å². The van der Waals surface area contributed by atoms with Crippen molar-refractivity contribution in [1.29, 1.82) is 0 Å². The molecule has 0 aliphatic rings. The number of aromatic nitrogens is 4. The van der Waals surface area contributed by atoms with Crippen LogP contribution in [0.25, 0.3) is 33.6 Å². The first kappa shape index (κ1) is 22.9. The normalized spacial score (nSPS) is 12.0.